The van der Waals surface area contributed by atoms with Crippen molar-refractivity contribution in [3.8, 4) is 5.75 Å². The summed E-state index contributed by atoms with van der Waals surface area (Å²) in [5.41, 5.74) is 1.82. The van der Waals surface area contributed by atoms with Crippen molar-refractivity contribution in [2.75, 3.05) is 42.7 Å². The fourth-order valence-electron chi connectivity index (χ4n) is 3.20. The number of carbonyl (C=O) groups is 2. The molecule has 29 heavy (non-hydrogen) atoms. The van der Waals surface area contributed by atoms with Gasteiger partial charge >= 0.3 is 0 Å². The van der Waals surface area contributed by atoms with Crippen LogP contribution in [0.5, 0.6) is 5.75 Å². The quantitative estimate of drug-likeness (QED) is 0.626. The van der Waals surface area contributed by atoms with E-state index in [9.17, 15) is 9.59 Å². The molecule has 0 saturated heterocycles. The third kappa shape index (κ3) is 4.13. The van der Waals surface area contributed by atoms with Gasteiger partial charge in [0.05, 0.1) is 17.7 Å². The van der Waals surface area contributed by atoms with Gasteiger partial charge in [-0.25, -0.2) is 9.97 Å². The molecule has 1 aromatic carbocycles. The molecule has 150 valence electrons. The molecule has 0 atom stereocenters. The number of likely N-dealkylation sites (N-methyl/N-ethyl adjacent to an activating group) is 1. The summed E-state index contributed by atoms with van der Waals surface area (Å²) in [6, 6.07) is 7.44. The number of nitrogens with one attached hydrogen (secondary N) is 3. The molecule has 0 spiro atoms. The molecule has 4 rings (SSSR count). The van der Waals surface area contributed by atoms with Crippen molar-refractivity contribution in [2.24, 2.45) is 0 Å². The van der Waals surface area contributed by atoms with Crippen molar-refractivity contribution in [1.29, 1.82) is 0 Å². The first-order valence-corrected chi connectivity index (χ1v) is 9.46. The average molecular weight is 394 g/mol. The van der Waals surface area contributed by atoms with Crippen LogP contribution in [0.15, 0.2) is 36.8 Å². The molecule has 0 aliphatic carbocycles. The minimum Gasteiger partial charge on any atom is -0.494 e. The smallest absolute Gasteiger partial charge is 0.259 e. The summed E-state index contributed by atoms with van der Waals surface area (Å²) in [5.74, 6) is 1.50. The third-order valence-corrected chi connectivity index (χ3v) is 4.78. The zero-order valence-electron chi connectivity index (χ0n) is 16.1. The molecule has 9 heteroatoms. The summed E-state index contributed by atoms with van der Waals surface area (Å²) in [4.78, 5) is 34.9. The van der Waals surface area contributed by atoms with Gasteiger partial charge in [0.1, 0.15) is 23.7 Å². The topological polar surface area (TPSA) is 108 Å². The van der Waals surface area contributed by atoms with Gasteiger partial charge in [0.2, 0.25) is 5.91 Å². The molecule has 0 unspecified atom stereocenters. The lowest BCUT2D eigenvalue weighted by molar-refractivity contribution is -0.130. The Balaban J connectivity index is 1.67. The van der Waals surface area contributed by atoms with Crippen LogP contribution in [0.4, 0.5) is 17.3 Å². The fourth-order valence-corrected chi connectivity index (χ4v) is 3.20. The summed E-state index contributed by atoms with van der Waals surface area (Å²) in [5, 5.41) is 9.12. The summed E-state index contributed by atoms with van der Waals surface area (Å²) >= 11 is 0. The number of ether oxygens (including phenoxy) is 1. The molecule has 0 saturated carbocycles. The van der Waals surface area contributed by atoms with Crippen LogP contribution in [0.2, 0.25) is 0 Å². The predicted molar refractivity (Wildman–Crippen MR) is 110 cm³/mol. The number of benzene rings is 1. The van der Waals surface area contributed by atoms with E-state index < -0.39 is 0 Å². The van der Waals surface area contributed by atoms with Crippen LogP contribution < -0.4 is 20.7 Å². The van der Waals surface area contributed by atoms with E-state index in [1.165, 1.54) is 6.33 Å². The Kier molecular flexibility index (Phi) is 5.28. The first kappa shape index (κ1) is 18.7. The van der Waals surface area contributed by atoms with E-state index in [0.717, 1.165) is 5.69 Å². The maximum absolute atomic E-state index is 12.5. The van der Waals surface area contributed by atoms with Gasteiger partial charge in [0.25, 0.3) is 5.91 Å². The van der Waals surface area contributed by atoms with E-state index in [0.29, 0.717) is 61.1 Å². The second-order valence-corrected chi connectivity index (χ2v) is 6.82. The highest BCUT2D eigenvalue weighted by Crippen LogP contribution is 2.34. The van der Waals surface area contributed by atoms with Gasteiger partial charge < -0.3 is 25.6 Å². The minimum absolute atomic E-state index is 0.0560. The van der Waals surface area contributed by atoms with Gasteiger partial charge in [0, 0.05) is 44.5 Å². The monoisotopic (exact) mass is 394 g/mol. The predicted octanol–water partition coefficient (Wildman–Crippen LogP) is 1.92. The molecule has 3 N–H and O–H groups in total. The van der Waals surface area contributed by atoms with E-state index in [-0.39, 0.29) is 11.8 Å². The maximum Gasteiger partial charge on any atom is 0.259 e. The lowest BCUT2D eigenvalue weighted by Gasteiger charge is -2.18. The molecule has 2 amide bonds. The average Bonchev–Trinajstić information content (AvgIpc) is 3.05. The highest BCUT2D eigenvalue weighted by molar-refractivity contribution is 6.32. The SMILES string of the molecule is CN1CCNc2ncnc3c2/C(=C/Nc2cccc(c2)OCCCC1=O)C(=O)N3. The van der Waals surface area contributed by atoms with Crippen molar-refractivity contribution < 1.29 is 14.3 Å². The molecule has 2 aliphatic rings. The number of hydrogen-bond donors (Lipinski definition) is 3. The van der Waals surface area contributed by atoms with Crippen LogP contribution in [-0.2, 0) is 9.59 Å². The summed E-state index contributed by atoms with van der Waals surface area (Å²) in [6.07, 6.45) is 4.10. The maximum atomic E-state index is 12.5. The van der Waals surface area contributed by atoms with Crippen LogP contribution in [0.3, 0.4) is 0 Å². The first-order chi connectivity index (χ1) is 14.1. The highest BCUT2D eigenvalue weighted by Gasteiger charge is 2.29. The number of carbonyl (C=O) groups excluding carboxylic acids is 2. The molecule has 3 heterocycles. The second kappa shape index (κ2) is 8.17. The largest absolute Gasteiger partial charge is 0.494 e. The highest BCUT2D eigenvalue weighted by atomic mass is 16.5. The molecule has 2 aromatic rings. The Morgan fingerprint density at radius 1 is 1.17 bits per heavy atom. The Labute approximate surface area is 168 Å². The Morgan fingerprint density at radius 2 is 2.03 bits per heavy atom. The van der Waals surface area contributed by atoms with E-state index in [1.807, 2.05) is 24.3 Å². The fraction of sp³-hybridized carbons (Fsp3) is 0.300. The van der Waals surface area contributed by atoms with Crippen molar-refractivity contribution in [3.05, 3.63) is 42.4 Å². The molecule has 2 aliphatic heterocycles. The third-order valence-electron chi connectivity index (χ3n) is 4.78. The van der Waals surface area contributed by atoms with Crippen molar-refractivity contribution in [2.45, 2.75) is 12.8 Å². The molecular formula is C20H22N6O3. The van der Waals surface area contributed by atoms with E-state index in [2.05, 4.69) is 25.9 Å². The second-order valence-electron chi connectivity index (χ2n) is 6.82. The van der Waals surface area contributed by atoms with E-state index in [1.54, 1.807) is 18.1 Å². The number of aromatic nitrogens is 2. The van der Waals surface area contributed by atoms with Crippen molar-refractivity contribution in [3.63, 3.8) is 0 Å². The summed E-state index contributed by atoms with van der Waals surface area (Å²) < 4.78 is 5.75. The minimum atomic E-state index is -0.256. The Morgan fingerprint density at radius 3 is 2.93 bits per heavy atom. The number of nitrogens with zero attached hydrogens (tertiary/aromatic N) is 3. The molecule has 9 nitrogen and oxygen atoms in total. The molecule has 0 radical (unpaired) electrons. The van der Waals surface area contributed by atoms with Gasteiger partial charge in [-0.05, 0) is 18.6 Å². The molecule has 2 bridgehead atoms. The summed E-state index contributed by atoms with van der Waals surface area (Å²) in [6.45, 7) is 1.46. The van der Waals surface area contributed by atoms with E-state index >= 15 is 0 Å². The zero-order chi connectivity index (χ0) is 20.2. The van der Waals surface area contributed by atoms with Gasteiger partial charge in [-0.3, -0.25) is 9.59 Å². The van der Waals surface area contributed by atoms with Crippen LogP contribution in [0.1, 0.15) is 18.4 Å². The van der Waals surface area contributed by atoms with Crippen molar-refractivity contribution in [1.82, 2.24) is 14.9 Å². The van der Waals surface area contributed by atoms with E-state index in [4.69, 9.17) is 4.74 Å². The van der Waals surface area contributed by atoms with Crippen LogP contribution in [-0.4, -0.2) is 53.4 Å². The standard InChI is InChI=1S/C20H22N6O3/c1-26-8-7-21-18-17-15(20(28)25-19(17)24-12-23-18)11-22-13-4-2-5-14(10-13)29-9-3-6-16(26)27/h2,4-5,10-12,22H,3,6-9H2,1H3,(H2,21,23,24,25,28)/b15-11-. The number of anilines is 3. The van der Waals surface area contributed by atoms with Crippen LogP contribution >= 0.6 is 0 Å². The van der Waals surface area contributed by atoms with Gasteiger partial charge in [-0.15, -0.1) is 0 Å². The van der Waals surface area contributed by atoms with Gasteiger partial charge in [-0.1, -0.05) is 6.07 Å². The number of amides is 2. The summed E-state index contributed by atoms with van der Waals surface area (Å²) in [7, 11) is 1.77. The number of fused-ring (bicyclic) bond motifs is 2. The molecule has 0 fully saturated rings. The van der Waals surface area contributed by atoms with Crippen LogP contribution in [0.25, 0.3) is 5.57 Å². The van der Waals surface area contributed by atoms with Gasteiger partial charge in [0.15, 0.2) is 0 Å². The lowest BCUT2D eigenvalue weighted by Crippen LogP contribution is -2.31. The molecular weight excluding hydrogens is 372 g/mol. The lowest BCUT2D eigenvalue weighted by atomic mass is 10.1. The zero-order valence-corrected chi connectivity index (χ0v) is 16.1. The first-order valence-electron chi connectivity index (χ1n) is 9.46. The number of rotatable bonds is 0. The van der Waals surface area contributed by atoms with Gasteiger partial charge in [-0.2, -0.15) is 0 Å². The normalized spacial score (nSPS) is 18.9. The number of hydrogen-bond acceptors (Lipinski definition) is 7. The Hall–Kier alpha value is -3.62. The van der Waals surface area contributed by atoms with Crippen LogP contribution in [0, 0.1) is 0 Å². The molecule has 1 aromatic heterocycles. The Bertz CT molecular complexity index is 974. The van der Waals surface area contributed by atoms with Crippen molar-refractivity contribution >= 4 is 34.7 Å².